The monoisotopic (exact) mass is 515 g/mol. The Bertz CT molecular complexity index is 1350. The minimum atomic E-state index is -0.316. The number of fused-ring (bicyclic) bond motifs is 1. The van der Waals surface area contributed by atoms with Gasteiger partial charge in [0.15, 0.2) is 0 Å². The van der Waals surface area contributed by atoms with E-state index < -0.39 is 0 Å². The Morgan fingerprint density at radius 3 is 2.29 bits per heavy atom. The van der Waals surface area contributed by atoms with Crippen molar-refractivity contribution in [3.05, 3.63) is 102 Å². The molecule has 0 saturated heterocycles. The van der Waals surface area contributed by atoms with Gasteiger partial charge in [0.05, 0.1) is 20.1 Å². The number of nitrogens with zero attached hydrogens (tertiary/aromatic N) is 2. The zero-order valence-electron chi connectivity index (χ0n) is 22.0. The highest BCUT2D eigenvalue weighted by Crippen LogP contribution is 2.19. The maximum Gasteiger partial charge on any atom is 0.242 e. The molecule has 0 fully saturated rings. The summed E-state index contributed by atoms with van der Waals surface area (Å²) in [4.78, 5) is 33.5. The van der Waals surface area contributed by atoms with Gasteiger partial charge in [-0.2, -0.15) is 0 Å². The topological polar surface area (TPSA) is 65.6 Å². The summed E-state index contributed by atoms with van der Waals surface area (Å²) in [5, 5.41) is 1.13. The van der Waals surface area contributed by atoms with E-state index in [1.807, 2.05) is 55.6 Å². The van der Waals surface area contributed by atoms with Gasteiger partial charge in [-0.1, -0.05) is 49.4 Å². The largest absolute Gasteiger partial charge is 0.497 e. The first kappa shape index (κ1) is 26.9. The second kappa shape index (κ2) is 12.9. The van der Waals surface area contributed by atoms with Gasteiger partial charge in [-0.25, -0.2) is 4.39 Å². The van der Waals surface area contributed by atoms with E-state index in [1.165, 1.54) is 12.1 Å². The fourth-order valence-electron chi connectivity index (χ4n) is 4.55. The van der Waals surface area contributed by atoms with Crippen LogP contribution in [-0.4, -0.2) is 53.3 Å². The van der Waals surface area contributed by atoms with Crippen molar-refractivity contribution in [2.45, 2.75) is 32.7 Å². The number of aromatic nitrogens is 1. The molecule has 2 amide bonds. The Hall–Kier alpha value is -4.13. The number of carbonyl (C=O) groups excluding carboxylic acids is 2. The van der Waals surface area contributed by atoms with Crippen molar-refractivity contribution in [3.8, 4) is 5.75 Å². The summed E-state index contributed by atoms with van der Waals surface area (Å²) in [6, 6.07) is 21.6. The fraction of sp³-hybridized carbons (Fsp3) is 0.290. The Morgan fingerprint density at radius 2 is 1.58 bits per heavy atom. The number of amides is 2. The lowest BCUT2D eigenvalue weighted by Crippen LogP contribution is -2.44. The molecule has 0 aliphatic rings. The standard InChI is InChI=1S/C31H34FN3O3/c1-3-17-34(30(36)19-23-10-14-27(38-2)15-11-23)22-31(37)35(21-24-8-12-26(32)13-9-24)18-16-25-20-33-29-7-5-4-6-28(25)29/h4-15,20,33H,3,16-19,21-22H2,1-2H3. The molecule has 4 aromatic rings. The van der Waals surface area contributed by atoms with E-state index in [9.17, 15) is 14.0 Å². The van der Waals surface area contributed by atoms with Crippen molar-refractivity contribution in [3.63, 3.8) is 0 Å². The van der Waals surface area contributed by atoms with Gasteiger partial charge >= 0.3 is 0 Å². The minimum Gasteiger partial charge on any atom is -0.497 e. The van der Waals surface area contributed by atoms with Crippen LogP contribution in [0.5, 0.6) is 5.75 Å². The molecule has 0 unspecified atom stereocenters. The van der Waals surface area contributed by atoms with Gasteiger partial charge in [0.1, 0.15) is 11.6 Å². The third kappa shape index (κ3) is 7.00. The summed E-state index contributed by atoms with van der Waals surface area (Å²) in [5.41, 5.74) is 3.88. The second-order valence-electron chi connectivity index (χ2n) is 9.39. The van der Waals surface area contributed by atoms with E-state index >= 15 is 0 Å². The fourth-order valence-corrected chi connectivity index (χ4v) is 4.55. The lowest BCUT2D eigenvalue weighted by molar-refractivity contribution is -0.140. The normalized spacial score (nSPS) is 10.9. The van der Waals surface area contributed by atoms with Crippen LogP contribution in [0.3, 0.4) is 0 Å². The molecule has 0 atom stereocenters. The highest BCUT2D eigenvalue weighted by molar-refractivity contribution is 5.86. The summed E-state index contributed by atoms with van der Waals surface area (Å²) >= 11 is 0. The lowest BCUT2D eigenvalue weighted by Gasteiger charge is -2.28. The van der Waals surface area contributed by atoms with Gasteiger partial charge in [0.2, 0.25) is 11.8 Å². The first-order valence-corrected chi connectivity index (χ1v) is 12.9. The van der Waals surface area contributed by atoms with Crippen LogP contribution < -0.4 is 4.74 Å². The number of ether oxygens (including phenoxy) is 1. The zero-order chi connectivity index (χ0) is 26.9. The summed E-state index contributed by atoms with van der Waals surface area (Å²) in [7, 11) is 1.60. The van der Waals surface area contributed by atoms with Gasteiger partial charge in [0.25, 0.3) is 0 Å². The summed E-state index contributed by atoms with van der Waals surface area (Å²) in [6.45, 7) is 3.30. The molecule has 0 bridgehead atoms. The average Bonchev–Trinajstić information content (AvgIpc) is 3.35. The summed E-state index contributed by atoms with van der Waals surface area (Å²) in [6.07, 6.45) is 3.59. The number of para-hydroxylation sites is 1. The quantitative estimate of drug-likeness (QED) is 0.276. The molecule has 3 aromatic carbocycles. The number of halogens is 1. The molecule has 7 heteroatoms. The number of H-pyrrole nitrogens is 1. The first-order chi connectivity index (χ1) is 18.5. The number of aromatic amines is 1. The molecule has 1 N–H and O–H groups in total. The zero-order valence-corrected chi connectivity index (χ0v) is 22.0. The third-order valence-corrected chi connectivity index (χ3v) is 6.65. The van der Waals surface area contributed by atoms with Crippen molar-refractivity contribution in [2.24, 2.45) is 0 Å². The number of methoxy groups -OCH3 is 1. The molecule has 0 radical (unpaired) electrons. The third-order valence-electron chi connectivity index (χ3n) is 6.65. The summed E-state index contributed by atoms with van der Waals surface area (Å²) in [5.74, 6) is 0.187. The Balaban J connectivity index is 1.48. The Kier molecular flexibility index (Phi) is 9.14. The van der Waals surface area contributed by atoms with Gasteiger partial charge in [-0.3, -0.25) is 9.59 Å². The number of nitrogens with one attached hydrogen (secondary N) is 1. The summed E-state index contributed by atoms with van der Waals surface area (Å²) < 4.78 is 18.7. The minimum absolute atomic E-state index is 0.00208. The van der Waals surface area contributed by atoms with E-state index in [0.717, 1.165) is 39.8 Å². The van der Waals surface area contributed by atoms with Crippen molar-refractivity contribution in [1.82, 2.24) is 14.8 Å². The average molecular weight is 516 g/mol. The van der Waals surface area contributed by atoms with Crippen LogP contribution in [-0.2, 0) is 29.0 Å². The lowest BCUT2D eigenvalue weighted by atomic mass is 10.1. The number of hydrogen-bond donors (Lipinski definition) is 1. The molecule has 0 spiro atoms. The molecule has 0 saturated carbocycles. The van der Waals surface area contributed by atoms with E-state index in [1.54, 1.807) is 29.0 Å². The molecular formula is C31H34FN3O3. The maximum atomic E-state index is 13.6. The first-order valence-electron chi connectivity index (χ1n) is 12.9. The Morgan fingerprint density at radius 1 is 0.868 bits per heavy atom. The van der Waals surface area contributed by atoms with Crippen molar-refractivity contribution < 1.29 is 18.7 Å². The van der Waals surface area contributed by atoms with Crippen LogP contribution in [0.2, 0.25) is 0 Å². The number of rotatable bonds is 12. The predicted molar refractivity (Wildman–Crippen MR) is 147 cm³/mol. The van der Waals surface area contributed by atoms with Crippen LogP contribution in [0.4, 0.5) is 4.39 Å². The molecule has 0 aliphatic carbocycles. The molecular weight excluding hydrogens is 481 g/mol. The number of hydrogen-bond acceptors (Lipinski definition) is 3. The van der Waals surface area contributed by atoms with E-state index in [0.29, 0.717) is 26.1 Å². The van der Waals surface area contributed by atoms with Gasteiger partial charge in [-0.15, -0.1) is 0 Å². The van der Waals surface area contributed by atoms with Crippen molar-refractivity contribution in [2.75, 3.05) is 26.7 Å². The van der Waals surface area contributed by atoms with Crippen molar-refractivity contribution >= 4 is 22.7 Å². The highest BCUT2D eigenvalue weighted by atomic mass is 19.1. The SMILES string of the molecule is CCCN(CC(=O)N(CCc1c[nH]c2ccccc12)Cc1ccc(F)cc1)C(=O)Cc1ccc(OC)cc1. The van der Waals surface area contributed by atoms with Gasteiger partial charge < -0.3 is 19.5 Å². The molecule has 4 rings (SSSR count). The predicted octanol–water partition coefficient (Wildman–Crippen LogP) is 5.37. The van der Waals surface area contributed by atoms with Crippen molar-refractivity contribution in [1.29, 1.82) is 0 Å². The van der Waals surface area contributed by atoms with Crippen LogP contribution in [0.15, 0.2) is 79.0 Å². The molecule has 1 aromatic heterocycles. The Labute approximate surface area is 223 Å². The van der Waals surface area contributed by atoms with E-state index in [2.05, 4.69) is 11.1 Å². The van der Waals surface area contributed by atoms with E-state index in [-0.39, 0.29) is 30.6 Å². The van der Waals surface area contributed by atoms with Gasteiger partial charge in [0, 0.05) is 36.7 Å². The van der Waals surface area contributed by atoms with Crippen LogP contribution in [0, 0.1) is 5.82 Å². The molecule has 6 nitrogen and oxygen atoms in total. The second-order valence-corrected chi connectivity index (χ2v) is 9.39. The smallest absolute Gasteiger partial charge is 0.242 e. The van der Waals surface area contributed by atoms with Crippen LogP contribution in [0.1, 0.15) is 30.0 Å². The number of carbonyl (C=O) groups is 2. The number of benzene rings is 3. The maximum absolute atomic E-state index is 13.6. The highest BCUT2D eigenvalue weighted by Gasteiger charge is 2.22. The molecule has 38 heavy (non-hydrogen) atoms. The molecule has 1 heterocycles. The van der Waals surface area contributed by atoms with Crippen LogP contribution >= 0.6 is 0 Å². The van der Waals surface area contributed by atoms with Gasteiger partial charge in [-0.05, 0) is 59.9 Å². The van der Waals surface area contributed by atoms with E-state index in [4.69, 9.17) is 4.74 Å². The molecule has 0 aliphatic heterocycles. The molecule has 198 valence electrons. The van der Waals surface area contributed by atoms with Crippen LogP contribution in [0.25, 0.3) is 10.9 Å².